The van der Waals surface area contributed by atoms with Gasteiger partial charge in [-0.25, -0.2) is 14.6 Å². The summed E-state index contributed by atoms with van der Waals surface area (Å²) in [5.74, 6) is 0.404. The Morgan fingerprint density at radius 1 is 0.979 bits per heavy atom. The highest BCUT2D eigenvalue weighted by molar-refractivity contribution is 6.32. The van der Waals surface area contributed by atoms with Crippen LogP contribution in [0.25, 0.3) is 22.5 Å². The molecule has 0 fully saturated rings. The van der Waals surface area contributed by atoms with E-state index in [1.165, 1.54) is 7.11 Å². The Labute approximate surface area is 274 Å². The number of hydrogen-bond acceptors (Lipinski definition) is 13. The van der Waals surface area contributed by atoms with Gasteiger partial charge in [0.1, 0.15) is 5.82 Å². The Hall–Kier alpha value is -5.09. The topological polar surface area (TPSA) is 185 Å². The van der Waals surface area contributed by atoms with Crippen molar-refractivity contribution in [1.82, 2.24) is 29.8 Å². The molecule has 17 heteroatoms. The fourth-order valence-corrected chi connectivity index (χ4v) is 4.77. The van der Waals surface area contributed by atoms with Crippen molar-refractivity contribution in [3.8, 4) is 22.5 Å². The highest BCUT2D eigenvalue weighted by Gasteiger charge is 2.23. The van der Waals surface area contributed by atoms with Crippen LogP contribution in [-0.2, 0) is 43.5 Å². The van der Waals surface area contributed by atoms with Crippen LogP contribution >= 0.6 is 11.6 Å². The highest BCUT2D eigenvalue weighted by atomic mass is 35.5. The lowest BCUT2D eigenvalue weighted by atomic mass is 9.98. The first-order valence-corrected chi connectivity index (χ1v) is 15.1. The monoisotopic (exact) mass is 671 g/mol. The van der Waals surface area contributed by atoms with Crippen molar-refractivity contribution in [1.29, 1.82) is 0 Å². The van der Waals surface area contributed by atoms with E-state index in [9.17, 15) is 19.7 Å². The van der Waals surface area contributed by atoms with E-state index in [2.05, 4.69) is 32.2 Å². The fraction of sp³-hybridized carbons (Fsp3) is 0.400. The molecule has 4 aromatic rings. The van der Waals surface area contributed by atoms with Crippen molar-refractivity contribution >= 4 is 23.7 Å². The molecule has 0 unspecified atom stereocenters. The van der Waals surface area contributed by atoms with Crippen LogP contribution in [0, 0.1) is 10.1 Å². The molecular formula is C30H34ClN7O9. The zero-order valence-corrected chi connectivity index (χ0v) is 26.6. The molecule has 0 bridgehead atoms. The van der Waals surface area contributed by atoms with Crippen molar-refractivity contribution in [3.05, 3.63) is 80.9 Å². The number of carbonyl (C=O) groups is 2. The molecule has 16 nitrogen and oxygen atoms in total. The molecule has 0 N–H and O–H groups in total. The minimum atomic E-state index is -0.936. The van der Waals surface area contributed by atoms with Crippen LogP contribution in [0.1, 0.15) is 54.5 Å². The molecule has 0 saturated carbocycles. The van der Waals surface area contributed by atoms with Gasteiger partial charge in [-0.1, -0.05) is 73.5 Å². The zero-order chi connectivity index (χ0) is 33.6. The fourth-order valence-electron chi connectivity index (χ4n) is 4.50. The lowest BCUT2D eigenvalue weighted by Crippen LogP contribution is -2.16. The minimum Gasteiger partial charge on any atom is -0.434 e. The zero-order valence-electron chi connectivity index (χ0n) is 25.9. The summed E-state index contributed by atoms with van der Waals surface area (Å²) in [7, 11) is 1.43. The van der Waals surface area contributed by atoms with E-state index >= 15 is 0 Å². The molecule has 0 atom stereocenters. The normalized spacial score (nSPS) is 10.9. The van der Waals surface area contributed by atoms with Gasteiger partial charge in [0.05, 0.1) is 13.2 Å². The molecule has 47 heavy (non-hydrogen) atoms. The molecular weight excluding hydrogens is 638 g/mol. The number of nitrogens with zero attached hydrogens (tertiary/aromatic N) is 7. The first-order valence-electron chi connectivity index (χ1n) is 14.7. The quantitative estimate of drug-likeness (QED) is 0.0447. The minimum absolute atomic E-state index is 0.0142. The van der Waals surface area contributed by atoms with Crippen LogP contribution in [0.3, 0.4) is 0 Å². The molecule has 4 rings (SSSR count). The van der Waals surface area contributed by atoms with Gasteiger partial charge in [0.15, 0.2) is 17.6 Å². The maximum atomic E-state index is 12.8. The molecule has 0 spiro atoms. The lowest BCUT2D eigenvalue weighted by Gasteiger charge is -2.13. The Morgan fingerprint density at radius 3 is 2.45 bits per heavy atom. The number of unbranched alkanes of at least 4 members (excludes halogenated alkanes) is 2. The van der Waals surface area contributed by atoms with E-state index in [0.717, 1.165) is 34.3 Å². The molecule has 0 aliphatic carbocycles. The number of rotatable bonds is 18. The summed E-state index contributed by atoms with van der Waals surface area (Å²) >= 11 is 6.39. The van der Waals surface area contributed by atoms with Gasteiger partial charge in [0.2, 0.25) is 12.6 Å². The summed E-state index contributed by atoms with van der Waals surface area (Å²) in [6.45, 7) is 1.83. The van der Waals surface area contributed by atoms with Gasteiger partial charge in [0, 0.05) is 25.6 Å². The van der Waals surface area contributed by atoms with Crippen LogP contribution in [0.5, 0.6) is 0 Å². The molecule has 0 amide bonds. The number of halogens is 1. The summed E-state index contributed by atoms with van der Waals surface area (Å²) in [6.07, 6.45) is 2.27. The Morgan fingerprint density at radius 2 is 1.72 bits per heavy atom. The molecule has 0 aliphatic rings. The number of imidazole rings is 1. The van der Waals surface area contributed by atoms with Crippen molar-refractivity contribution in [2.75, 3.05) is 27.1 Å². The predicted molar refractivity (Wildman–Crippen MR) is 166 cm³/mol. The number of aromatic nitrogens is 6. The third kappa shape index (κ3) is 9.95. The Balaban J connectivity index is 1.42. The summed E-state index contributed by atoms with van der Waals surface area (Å²) in [5.41, 5.74) is 3.53. The van der Waals surface area contributed by atoms with E-state index in [1.807, 2.05) is 48.5 Å². The number of hydrogen-bond donors (Lipinski definition) is 0. The SMILES string of the molecule is CCCCc1nc(Cl)c(C(=O)OCOC)n1Cc1ccc(-c2ccccc2-c2nnn(COC(=O)OCCCCO[N+](=O)[O-])n2)cc1. The molecule has 250 valence electrons. The van der Waals surface area contributed by atoms with Crippen LogP contribution in [0.15, 0.2) is 48.5 Å². The van der Waals surface area contributed by atoms with Gasteiger partial charge in [-0.05, 0) is 41.2 Å². The maximum Gasteiger partial charge on any atom is 0.510 e. The summed E-state index contributed by atoms with van der Waals surface area (Å²) in [4.78, 5) is 44.5. The Kier molecular flexibility index (Phi) is 13.0. The first kappa shape index (κ1) is 34.8. The van der Waals surface area contributed by atoms with Gasteiger partial charge >= 0.3 is 12.1 Å². The average molecular weight is 672 g/mol. The lowest BCUT2D eigenvalue weighted by molar-refractivity contribution is -0.757. The van der Waals surface area contributed by atoms with Crippen molar-refractivity contribution < 1.29 is 38.5 Å². The van der Waals surface area contributed by atoms with E-state index < -0.39 is 17.2 Å². The van der Waals surface area contributed by atoms with Gasteiger partial charge in [0.25, 0.3) is 5.09 Å². The second kappa shape index (κ2) is 17.6. The highest BCUT2D eigenvalue weighted by Crippen LogP contribution is 2.30. The summed E-state index contributed by atoms with van der Waals surface area (Å²) in [6, 6.07) is 15.3. The molecule has 2 heterocycles. The van der Waals surface area contributed by atoms with Crippen LogP contribution in [0.2, 0.25) is 5.15 Å². The van der Waals surface area contributed by atoms with Gasteiger partial charge < -0.3 is 28.4 Å². The van der Waals surface area contributed by atoms with Crippen molar-refractivity contribution in [2.45, 2.75) is 52.3 Å². The molecule has 0 radical (unpaired) electrons. The second-order valence-corrected chi connectivity index (χ2v) is 10.4. The standard InChI is InChI=1S/C30H34ClN7O9/c1-3-4-11-25-32-27(31)26(29(39)46-20-43-2)36(25)18-21-12-14-22(15-13-21)23-9-5-6-10-24(23)28-33-35-37(34-28)19-45-30(40)44-16-7-8-17-47-38(41)42/h5-6,9-10,12-15H,3-4,7-8,11,16-20H2,1-2H3. The van der Waals surface area contributed by atoms with Crippen molar-refractivity contribution in [3.63, 3.8) is 0 Å². The largest absolute Gasteiger partial charge is 0.510 e. The number of esters is 1. The number of aryl methyl sites for hydroxylation is 1. The number of carbonyl (C=O) groups excluding carboxylic acids is 2. The number of ether oxygens (including phenoxy) is 4. The average Bonchev–Trinajstić information content (AvgIpc) is 3.67. The van der Waals surface area contributed by atoms with E-state index in [4.69, 9.17) is 30.5 Å². The van der Waals surface area contributed by atoms with Gasteiger partial charge in [-0.3, -0.25) is 0 Å². The molecule has 0 aliphatic heterocycles. The van der Waals surface area contributed by atoms with E-state index in [1.54, 1.807) is 4.57 Å². The molecule has 0 saturated heterocycles. The van der Waals surface area contributed by atoms with Crippen LogP contribution < -0.4 is 0 Å². The number of benzene rings is 2. The van der Waals surface area contributed by atoms with E-state index in [-0.39, 0.29) is 37.6 Å². The van der Waals surface area contributed by atoms with Crippen LogP contribution in [-0.4, -0.2) is 74.1 Å². The maximum absolute atomic E-state index is 12.8. The van der Waals surface area contributed by atoms with Gasteiger partial charge in [-0.15, -0.1) is 25.1 Å². The van der Waals surface area contributed by atoms with Crippen molar-refractivity contribution in [2.24, 2.45) is 0 Å². The smallest absolute Gasteiger partial charge is 0.434 e. The summed E-state index contributed by atoms with van der Waals surface area (Å²) in [5, 5.41) is 21.8. The van der Waals surface area contributed by atoms with Crippen LogP contribution in [0.4, 0.5) is 4.79 Å². The second-order valence-electron chi connectivity index (χ2n) is 10.1. The molecule has 2 aromatic carbocycles. The number of methoxy groups -OCH3 is 1. The van der Waals surface area contributed by atoms with Gasteiger partial charge in [-0.2, -0.15) is 0 Å². The molecule has 2 aromatic heterocycles. The Bertz CT molecular complexity index is 1640. The third-order valence-corrected chi connectivity index (χ3v) is 7.00. The summed E-state index contributed by atoms with van der Waals surface area (Å²) < 4.78 is 21.8. The number of tetrazole rings is 1. The predicted octanol–water partition coefficient (Wildman–Crippen LogP) is 5.11. The van der Waals surface area contributed by atoms with E-state index in [0.29, 0.717) is 43.0 Å². The first-order chi connectivity index (χ1) is 22.8. The third-order valence-electron chi connectivity index (χ3n) is 6.74.